The zero-order chi connectivity index (χ0) is 15.9. The third-order valence-electron chi connectivity index (χ3n) is 4.78. The van der Waals surface area contributed by atoms with Crippen molar-refractivity contribution in [1.82, 2.24) is 20.3 Å². The highest BCUT2D eigenvalue weighted by Gasteiger charge is 2.41. The van der Waals surface area contributed by atoms with E-state index in [-0.39, 0.29) is 16.1 Å². The highest BCUT2D eigenvalue weighted by atomic mass is 35.5. The Bertz CT molecular complexity index is 772. The van der Waals surface area contributed by atoms with Gasteiger partial charge < -0.3 is 15.2 Å². The van der Waals surface area contributed by atoms with Crippen molar-refractivity contribution < 1.29 is 0 Å². The van der Waals surface area contributed by atoms with Crippen LogP contribution in [0.4, 0.5) is 5.82 Å². The van der Waals surface area contributed by atoms with Crippen LogP contribution in [-0.2, 0) is 0 Å². The summed E-state index contributed by atoms with van der Waals surface area (Å²) < 4.78 is 0. The number of aromatic amines is 1. The SMILES string of the molecule is O=c1[nH]c(-c2ccncc2)nc(N2CCNC3(CCC3)C2)c1Cl. The molecule has 0 radical (unpaired) electrons. The average molecular weight is 332 g/mol. The first-order valence-electron chi connectivity index (χ1n) is 7.87. The van der Waals surface area contributed by atoms with Gasteiger partial charge in [0.15, 0.2) is 5.82 Å². The maximum absolute atomic E-state index is 12.2. The lowest BCUT2D eigenvalue weighted by atomic mass is 9.75. The number of nitrogens with zero attached hydrogens (tertiary/aromatic N) is 3. The van der Waals surface area contributed by atoms with Gasteiger partial charge in [-0.3, -0.25) is 9.78 Å². The minimum atomic E-state index is -0.301. The normalized spacial score (nSPS) is 19.6. The number of pyridine rings is 1. The van der Waals surface area contributed by atoms with E-state index in [1.54, 1.807) is 12.4 Å². The molecule has 2 aliphatic rings. The number of hydrogen-bond acceptors (Lipinski definition) is 5. The van der Waals surface area contributed by atoms with Crippen LogP contribution < -0.4 is 15.8 Å². The highest BCUT2D eigenvalue weighted by Crippen LogP contribution is 2.36. The summed E-state index contributed by atoms with van der Waals surface area (Å²) in [6, 6.07) is 3.64. The van der Waals surface area contributed by atoms with Gasteiger partial charge in [0.1, 0.15) is 10.8 Å². The monoisotopic (exact) mass is 331 g/mol. The van der Waals surface area contributed by atoms with Crippen LogP contribution >= 0.6 is 11.6 Å². The third-order valence-corrected chi connectivity index (χ3v) is 5.13. The molecule has 1 aliphatic heterocycles. The Morgan fingerprint density at radius 3 is 2.74 bits per heavy atom. The smallest absolute Gasteiger partial charge is 0.272 e. The van der Waals surface area contributed by atoms with E-state index in [4.69, 9.17) is 11.6 Å². The number of hydrogen-bond donors (Lipinski definition) is 2. The van der Waals surface area contributed by atoms with Crippen LogP contribution in [0.2, 0.25) is 5.02 Å². The van der Waals surface area contributed by atoms with Gasteiger partial charge in [-0.05, 0) is 31.4 Å². The first kappa shape index (κ1) is 14.7. The van der Waals surface area contributed by atoms with E-state index in [9.17, 15) is 4.79 Å². The number of anilines is 1. The fourth-order valence-corrected chi connectivity index (χ4v) is 3.59. The lowest BCUT2D eigenvalue weighted by Gasteiger charge is -2.50. The molecule has 23 heavy (non-hydrogen) atoms. The summed E-state index contributed by atoms with van der Waals surface area (Å²) >= 11 is 6.26. The van der Waals surface area contributed by atoms with Crippen molar-refractivity contribution in [2.24, 2.45) is 0 Å². The Hall–Kier alpha value is -1.92. The van der Waals surface area contributed by atoms with Crippen molar-refractivity contribution >= 4 is 17.4 Å². The summed E-state index contributed by atoms with van der Waals surface area (Å²) in [4.78, 5) is 25.8. The van der Waals surface area contributed by atoms with E-state index in [0.29, 0.717) is 11.6 Å². The summed E-state index contributed by atoms with van der Waals surface area (Å²) in [6.07, 6.45) is 6.94. The molecule has 0 bridgehead atoms. The molecule has 0 atom stereocenters. The second-order valence-corrected chi connectivity index (χ2v) is 6.65. The molecule has 6 nitrogen and oxygen atoms in total. The van der Waals surface area contributed by atoms with E-state index in [0.717, 1.165) is 25.2 Å². The number of rotatable bonds is 2. The summed E-state index contributed by atoms with van der Waals surface area (Å²) in [5.41, 5.74) is 0.691. The van der Waals surface area contributed by atoms with E-state index in [1.165, 1.54) is 19.3 Å². The predicted molar refractivity (Wildman–Crippen MR) is 89.9 cm³/mol. The Kier molecular flexibility index (Phi) is 3.58. The zero-order valence-electron chi connectivity index (χ0n) is 12.7. The Morgan fingerprint density at radius 1 is 1.26 bits per heavy atom. The minimum Gasteiger partial charge on any atom is -0.352 e. The lowest BCUT2D eigenvalue weighted by molar-refractivity contribution is 0.172. The fourth-order valence-electron chi connectivity index (χ4n) is 3.38. The van der Waals surface area contributed by atoms with Crippen LogP contribution in [-0.4, -0.2) is 40.1 Å². The summed E-state index contributed by atoms with van der Waals surface area (Å²) in [5, 5.41) is 3.77. The molecule has 0 amide bonds. The van der Waals surface area contributed by atoms with Crippen molar-refractivity contribution in [2.75, 3.05) is 24.5 Å². The van der Waals surface area contributed by atoms with Gasteiger partial charge >= 0.3 is 0 Å². The molecular formula is C16H18ClN5O. The van der Waals surface area contributed by atoms with Crippen LogP contribution in [0.1, 0.15) is 19.3 Å². The van der Waals surface area contributed by atoms with Gasteiger partial charge in [0, 0.05) is 43.1 Å². The molecule has 1 saturated carbocycles. The molecule has 2 aromatic rings. The number of halogens is 1. The van der Waals surface area contributed by atoms with Gasteiger partial charge in [0.2, 0.25) is 0 Å². The number of aromatic nitrogens is 3. The van der Waals surface area contributed by atoms with E-state index >= 15 is 0 Å². The van der Waals surface area contributed by atoms with Crippen molar-refractivity contribution in [1.29, 1.82) is 0 Å². The highest BCUT2D eigenvalue weighted by molar-refractivity contribution is 6.32. The summed E-state index contributed by atoms with van der Waals surface area (Å²) in [7, 11) is 0. The van der Waals surface area contributed by atoms with Crippen molar-refractivity contribution in [2.45, 2.75) is 24.8 Å². The summed E-state index contributed by atoms with van der Waals surface area (Å²) in [5.74, 6) is 1.10. The van der Waals surface area contributed by atoms with Crippen LogP contribution in [0, 0.1) is 0 Å². The Labute approximate surface area is 138 Å². The van der Waals surface area contributed by atoms with Crippen molar-refractivity contribution in [3.05, 3.63) is 39.9 Å². The Balaban J connectivity index is 1.73. The molecule has 2 fully saturated rings. The molecule has 1 spiro atoms. The van der Waals surface area contributed by atoms with E-state index < -0.39 is 0 Å². The summed E-state index contributed by atoms with van der Waals surface area (Å²) in [6.45, 7) is 2.53. The van der Waals surface area contributed by atoms with E-state index in [1.807, 2.05) is 12.1 Å². The molecule has 1 aliphatic carbocycles. The quantitative estimate of drug-likeness (QED) is 0.878. The molecule has 4 rings (SSSR count). The van der Waals surface area contributed by atoms with Crippen LogP contribution in [0.5, 0.6) is 0 Å². The van der Waals surface area contributed by atoms with Crippen LogP contribution in [0.25, 0.3) is 11.4 Å². The molecule has 120 valence electrons. The lowest BCUT2D eigenvalue weighted by Crippen LogP contribution is -2.64. The Morgan fingerprint density at radius 2 is 2.04 bits per heavy atom. The number of nitrogens with one attached hydrogen (secondary N) is 2. The van der Waals surface area contributed by atoms with Gasteiger partial charge in [-0.15, -0.1) is 0 Å². The maximum Gasteiger partial charge on any atom is 0.272 e. The average Bonchev–Trinajstić information content (AvgIpc) is 2.56. The second-order valence-electron chi connectivity index (χ2n) is 6.27. The number of piperazine rings is 1. The standard InChI is InChI=1S/C16H18ClN5O/c17-12-14(22-9-8-19-16(10-22)4-1-5-16)20-13(21-15(12)23)11-2-6-18-7-3-11/h2-3,6-7,19H,1,4-5,8-10H2,(H,20,21,23). The molecule has 0 unspecified atom stereocenters. The second kappa shape index (κ2) is 5.62. The van der Waals surface area contributed by atoms with Gasteiger partial charge in [-0.25, -0.2) is 4.98 Å². The van der Waals surface area contributed by atoms with Gasteiger partial charge in [-0.2, -0.15) is 0 Å². The largest absolute Gasteiger partial charge is 0.352 e. The third kappa shape index (κ3) is 2.62. The predicted octanol–water partition coefficient (Wildman–Crippen LogP) is 1.82. The molecule has 7 heteroatoms. The van der Waals surface area contributed by atoms with Gasteiger partial charge in [0.25, 0.3) is 5.56 Å². The van der Waals surface area contributed by atoms with E-state index in [2.05, 4.69) is 25.2 Å². The first-order valence-corrected chi connectivity index (χ1v) is 8.25. The zero-order valence-corrected chi connectivity index (χ0v) is 13.4. The molecular weight excluding hydrogens is 314 g/mol. The van der Waals surface area contributed by atoms with Crippen molar-refractivity contribution in [3.63, 3.8) is 0 Å². The minimum absolute atomic E-state index is 0.166. The first-order chi connectivity index (χ1) is 11.2. The van der Waals surface area contributed by atoms with Crippen LogP contribution in [0.15, 0.2) is 29.3 Å². The fraction of sp³-hybridized carbons (Fsp3) is 0.438. The molecule has 2 aromatic heterocycles. The maximum atomic E-state index is 12.2. The van der Waals surface area contributed by atoms with Crippen molar-refractivity contribution in [3.8, 4) is 11.4 Å². The van der Waals surface area contributed by atoms with Crippen LogP contribution in [0.3, 0.4) is 0 Å². The number of H-pyrrole nitrogens is 1. The molecule has 2 N–H and O–H groups in total. The molecule has 3 heterocycles. The topological polar surface area (TPSA) is 73.9 Å². The van der Waals surface area contributed by atoms with Gasteiger partial charge in [-0.1, -0.05) is 11.6 Å². The molecule has 0 aromatic carbocycles. The molecule has 1 saturated heterocycles. The van der Waals surface area contributed by atoms with Gasteiger partial charge in [0.05, 0.1) is 0 Å².